The zero-order valence-electron chi connectivity index (χ0n) is 12.6. The van der Waals surface area contributed by atoms with Crippen molar-refractivity contribution in [2.24, 2.45) is 0 Å². The van der Waals surface area contributed by atoms with Crippen LogP contribution >= 0.6 is 0 Å². The number of amides is 1. The molecular weight excluding hydrogens is 282 g/mol. The average molecular weight is 301 g/mol. The Kier molecular flexibility index (Phi) is 5.38. The van der Waals surface area contributed by atoms with Crippen molar-refractivity contribution < 1.29 is 19.1 Å². The van der Waals surface area contributed by atoms with Crippen LogP contribution in [0.3, 0.4) is 0 Å². The first kappa shape index (κ1) is 15.9. The molecule has 5 heteroatoms. The lowest BCUT2D eigenvalue weighted by molar-refractivity contribution is -0.117. The topological polar surface area (TPSA) is 71.7 Å². The molecule has 0 aliphatic carbocycles. The van der Waals surface area contributed by atoms with Crippen molar-refractivity contribution in [3.8, 4) is 5.75 Å². The van der Waals surface area contributed by atoms with Crippen LogP contribution in [-0.2, 0) is 4.79 Å². The maximum Gasteiger partial charge on any atom is 0.244 e. The summed E-state index contributed by atoms with van der Waals surface area (Å²) in [6.45, 7) is 1.61. The molecule has 116 valence electrons. The highest BCUT2D eigenvalue weighted by molar-refractivity contribution is 5.95. The summed E-state index contributed by atoms with van der Waals surface area (Å²) >= 11 is 0. The molecule has 1 amide bonds. The summed E-state index contributed by atoms with van der Waals surface area (Å²) < 4.78 is 10.4. The van der Waals surface area contributed by atoms with Crippen LogP contribution < -0.4 is 10.1 Å². The number of benzene rings is 1. The highest BCUT2D eigenvalue weighted by atomic mass is 16.5. The van der Waals surface area contributed by atoms with Crippen LogP contribution in [0.15, 0.2) is 53.2 Å². The van der Waals surface area contributed by atoms with Gasteiger partial charge in [0.1, 0.15) is 17.6 Å². The number of carbonyl (C=O) groups is 1. The van der Waals surface area contributed by atoms with Gasteiger partial charge in [0.25, 0.3) is 0 Å². The van der Waals surface area contributed by atoms with Gasteiger partial charge in [0, 0.05) is 6.08 Å². The lowest BCUT2D eigenvalue weighted by Gasteiger charge is -2.13. The zero-order chi connectivity index (χ0) is 15.9. The van der Waals surface area contributed by atoms with Gasteiger partial charge in [-0.1, -0.05) is 12.1 Å². The maximum absolute atomic E-state index is 12.1. The number of aliphatic hydroxyl groups excluding tert-OH is 1. The second kappa shape index (κ2) is 7.47. The third-order valence-corrected chi connectivity index (χ3v) is 3.26. The van der Waals surface area contributed by atoms with Gasteiger partial charge in [0.15, 0.2) is 0 Å². The van der Waals surface area contributed by atoms with E-state index in [0.717, 1.165) is 16.9 Å². The number of ether oxygens (including phenoxy) is 1. The van der Waals surface area contributed by atoms with E-state index in [1.54, 1.807) is 19.2 Å². The Morgan fingerprint density at radius 3 is 2.86 bits per heavy atom. The van der Waals surface area contributed by atoms with Crippen molar-refractivity contribution in [3.63, 3.8) is 0 Å². The molecule has 0 aliphatic heterocycles. The zero-order valence-corrected chi connectivity index (χ0v) is 12.6. The highest BCUT2D eigenvalue weighted by Gasteiger charge is 2.15. The van der Waals surface area contributed by atoms with Gasteiger partial charge in [0.2, 0.25) is 5.91 Å². The standard InChI is InChI=1S/C17H19NO4/c1-12(13-5-3-6-14(10-13)21-2)9-17(20)18-15(11-19)16-7-4-8-22-16/h3-10,15,19H,11H2,1-2H3,(H,18,20)/b12-9+. The van der Waals surface area contributed by atoms with Crippen LogP contribution in [0, 0.1) is 0 Å². The third kappa shape index (κ3) is 3.99. The molecule has 0 saturated heterocycles. The normalized spacial score (nSPS) is 12.8. The fraction of sp³-hybridized carbons (Fsp3) is 0.235. The first-order valence-electron chi connectivity index (χ1n) is 6.91. The molecule has 22 heavy (non-hydrogen) atoms. The number of carbonyl (C=O) groups excluding carboxylic acids is 1. The van der Waals surface area contributed by atoms with Crippen LogP contribution in [0.4, 0.5) is 0 Å². The lowest BCUT2D eigenvalue weighted by Crippen LogP contribution is -2.29. The quantitative estimate of drug-likeness (QED) is 0.804. The van der Waals surface area contributed by atoms with Crippen molar-refractivity contribution in [1.82, 2.24) is 5.32 Å². The molecule has 0 aliphatic rings. The molecule has 0 fully saturated rings. The Morgan fingerprint density at radius 2 is 2.23 bits per heavy atom. The fourth-order valence-corrected chi connectivity index (χ4v) is 2.06. The van der Waals surface area contributed by atoms with Crippen LogP contribution in [0.1, 0.15) is 24.3 Å². The van der Waals surface area contributed by atoms with Gasteiger partial charge < -0.3 is 19.6 Å². The van der Waals surface area contributed by atoms with Crippen LogP contribution in [0.2, 0.25) is 0 Å². The van der Waals surface area contributed by atoms with E-state index < -0.39 is 6.04 Å². The number of methoxy groups -OCH3 is 1. The molecule has 2 aromatic rings. The molecule has 1 unspecified atom stereocenters. The summed E-state index contributed by atoms with van der Waals surface area (Å²) in [7, 11) is 1.60. The van der Waals surface area contributed by atoms with E-state index in [4.69, 9.17) is 9.15 Å². The summed E-state index contributed by atoms with van der Waals surface area (Å²) in [5.74, 6) is 0.952. The van der Waals surface area contributed by atoms with E-state index in [1.165, 1.54) is 12.3 Å². The number of hydrogen-bond donors (Lipinski definition) is 2. The van der Waals surface area contributed by atoms with Crippen molar-refractivity contribution in [3.05, 3.63) is 60.1 Å². The molecule has 1 aromatic heterocycles. The van der Waals surface area contributed by atoms with Crippen LogP contribution in [0.25, 0.3) is 5.57 Å². The Balaban J connectivity index is 2.08. The molecule has 2 rings (SSSR count). The minimum atomic E-state index is -0.558. The van der Waals surface area contributed by atoms with Crippen LogP contribution in [-0.4, -0.2) is 24.7 Å². The van der Waals surface area contributed by atoms with E-state index in [1.807, 2.05) is 31.2 Å². The van der Waals surface area contributed by atoms with Crippen molar-refractivity contribution >= 4 is 11.5 Å². The van der Waals surface area contributed by atoms with Gasteiger partial charge in [-0.05, 0) is 42.3 Å². The smallest absolute Gasteiger partial charge is 0.244 e. The van der Waals surface area contributed by atoms with Gasteiger partial charge in [-0.3, -0.25) is 4.79 Å². The number of hydrogen-bond acceptors (Lipinski definition) is 4. The Bertz CT molecular complexity index is 646. The Morgan fingerprint density at radius 1 is 1.41 bits per heavy atom. The molecule has 0 spiro atoms. The average Bonchev–Trinajstić information content (AvgIpc) is 3.06. The lowest BCUT2D eigenvalue weighted by atomic mass is 10.1. The third-order valence-electron chi connectivity index (χ3n) is 3.26. The maximum atomic E-state index is 12.1. The second-order valence-corrected chi connectivity index (χ2v) is 4.82. The number of nitrogens with one attached hydrogen (secondary N) is 1. The largest absolute Gasteiger partial charge is 0.497 e. The molecule has 0 radical (unpaired) electrons. The molecule has 5 nitrogen and oxygen atoms in total. The van der Waals surface area contributed by atoms with Crippen LogP contribution in [0.5, 0.6) is 5.75 Å². The molecule has 1 atom stereocenters. The van der Waals surface area contributed by atoms with Gasteiger partial charge in [-0.25, -0.2) is 0 Å². The number of allylic oxidation sites excluding steroid dienone is 1. The van der Waals surface area contributed by atoms with Crippen molar-refractivity contribution in [2.45, 2.75) is 13.0 Å². The van der Waals surface area contributed by atoms with Gasteiger partial charge >= 0.3 is 0 Å². The molecular formula is C17H19NO4. The van der Waals surface area contributed by atoms with E-state index in [0.29, 0.717) is 5.76 Å². The minimum absolute atomic E-state index is 0.231. The Labute approximate surface area is 129 Å². The fourth-order valence-electron chi connectivity index (χ4n) is 2.06. The molecule has 2 N–H and O–H groups in total. The second-order valence-electron chi connectivity index (χ2n) is 4.82. The van der Waals surface area contributed by atoms with Gasteiger partial charge in [0.05, 0.1) is 20.0 Å². The molecule has 0 saturated carbocycles. The summed E-state index contributed by atoms with van der Waals surface area (Å²) in [6, 6.07) is 10.3. The predicted octanol–water partition coefficient (Wildman–Crippen LogP) is 2.54. The van der Waals surface area contributed by atoms with Crippen molar-refractivity contribution in [2.75, 3.05) is 13.7 Å². The molecule has 0 bridgehead atoms. The summed E-state index contributed by atoms with van der Waals surface area (Å²) in [4.78, 5) is 12.1. The predicted molar refractivity (Wildman–Crippen MR) is 83.3 cm³/mol. The van der Waals surface area contributed by atoms with E-state index >= 15 is 0 Å². The molecule has 1 aromatic carbocycles. The van der Waals surface area contributed by atoms with E-state index in [2.05, 4.69) is 5.32 Å². The summed E-state index contributed by atoms with van der Waals surface area (Å²) in [6.07, 6.45) is 2.99. The highest BCUT2D eigenvalue weighted by Crippen LogP contribution is 2.20. The first-order valence-corrected chi connectivity index (χ1v) is 6.91. The minimum Gasteiger partial charge on any atom is -0.497 e. The molecule has 1 heterocycles. The van der Waals surface area contributed by atoms with Gasteiger partial charge in [-0.15, -0.1) is 0 Å². The number of furan rings is 1. The van der Waals surface area contributed by atoms with Gasteiger partial charge in [-0.2, -0.15) is 0 Å². The number of rotatable bonds is 6. The SMILES string of the molecule is COc1cccc(/C(C)=C/C(=O)NC(CO)c2ccco2)c1. The van der Waals surface area contributed by atoms with E-state index in [-0.39, 0.29) is 12.5 Å². The summed E-state index contributed by atoms with van der Waals surface area (Å²) in [5, 5.41) is 12.1. The number of aliphatic hydroxyl groups is 1. The van der Waals surface area contributed by atoms with Crippen molar-refractivity contribution in [1.29, 1.82) is 0 Å². The summed E-state index contributed by atoms with van der Waals surface area (Å²) in [5.41, 5.74) is 1.69. The first-order chi connectivity index (χ1) is 10.6. The Hall–Kier alpha value is -2.53. The monoisotopic (exact) mass is 301 g/mol. The van der Waals surface area contributed by atoms with E-state index in [9.17, 15) is 9.90 Å².